The van der Waals surface area contributed by atoms with Gasteiger partial charge >= 0.3 is 0 Å². The molecule has 0 aromatic carbocycles. The van der Waals surface area contributed by atoms with E-state index in [1.165, 1.54) is 0 Å². The van der Waals surface area contributed by atoms with E-state index in [0.29, 0.717) is 6.54 Å². The molecule has 0 fully saturated rings. The van der Waals surface area contributed by atoms with Gasteiger partial charge in [0.05, 0.1) is 0 Å². The molecule has 0 aromatic heterocycles. The first-order valence-corrected chi connectivity index (χ1v) is 5.96. The lowest BCUT2D eigenvalue weighted by Gasteiger charge is -2.28. The third-order valence-corrected chi connectivity index (χ3v) is 3.01. The normalized spacial score (nSPS) is 18.8. The Kier molecular flexibility index (Phi) is 7.26. The van der Waals surface area contributed by atoms with Crippen molar-refractivity contribution < 1.29 is 5.11 Å². The quantitative estimate of drug-likeness (QED) is 0.398. The fraction of sp³-hybridized carbons (Fsp3) is 0.769. The lowest BCUT2D eigenvalue weighted by atomic mass is 10.00. The third-order valence-electron chi connectivity index (χ3n) is 3.01. The summed E-state index contributed by atoms with van der Waals surface area (Å²) in [6, 6.07) is 0. The van der Waals surface area contributed by atoms with Gasteiger partial charge in [-0.25, -0.2) is 0 Å². The molecule has 0 amide bonds. The van der Waals surface area contributed by atoms with Crippen molar-refractivity contribution in [1.29, 1.82) is 0 Å². The molecule has 0 saturated carbocycles. The second-order valence-corrected chi connectivity index (χ2v) is 4.48. The molecule has 3 heteroatoms. The highest BCUT2D eigenvalue weighted by Crippen LogP contribution is 2.13. The summed E-state index contributed by atoms with van der Waals surface area (Å²) in [5, 5.41) is 12.8. The summed E-state index contributed by atoms with van der Waals surface area (Å²) in [6.45, 7) is 8.51. The number of hydrogen-bond acceptors (Lipinski definition) is 3. The van der Waals surface area contributed by atoms with E-state index in [1.54, 1.807) is 14.0 Å². The van der Waals surface area contributed by atoms with E-state index in [0.717, 1.165) is 18.6 Å². The van der Waals surface area contributed by atoms with Crippen molar-refractivity contribution in [3.63, 3.8) is 0 Å². The number of hydrogen-bond donors (Lipinski definition) is 2. The molecule has 1 unspecified atom stereocenters. The van der Waals surface area contributed by atoms with Gasteiger partial charge in [-0.1, -0.05) is 19.1 Å². The zero-order valence-corrected chi connectivity index (χ0v) is 11.2. The molecule has 0 aliphatic rings. The summed E-state index contributed by atoms with van der Waals surface area (Å²) in [4.78, 5) is 4.49. The van der Waals surface area contributed by atoms with Crippen molar-refractivity contribution in [2.45, 2.75) is 46.3 Å². The summed E-state index contributed by atoms with van der Waals surface area (Å²) >= 11 is 0. The fourth-order valence-electron chi connectivity index (χ4n) is 1.25. The van der Waals surface area contributed by atoms with Crippen LogP contribution in [-0.4, -0.2) is 30.1 Å². The summed E-state index contributed by atoms with van der Waals surface area (Å²) in [6.07, 6.45) is 6.25. The predicted molar refractivity (Wildman–Crippen MR) is 70.9 cm³/mol. The molecule has 0 rings (SSSR count). The molecule has 2 atom stereocenters. The van der Waals surface area contributed by atoms with Gasteiger partial charge in [-0.2, -0.15) is 0 Å². The van der Waals surface area contributed by atoms with Crippen molar-refractivity contribution in [3.05, 3.63) is 12.2 Å². The van der Waals surface area contributed by atoms with Crippen LogP contribution < -0.4 is 5.32 Å². The molecule has 3 nitrogen and oxygen atoms in total. The number of nitrogens with one attached hydrogen (secondary N) is 1. The number of rotatable bonds is 7. The summed E-state index contributed by atoms with van der Waals surface area (Å²) in [7, 11) is 1.76. The lowest BCUT2D eigenvalue weighted by molar-refractivity contribution is -0.0158. The monoisotopic (exact) mass is 226 g/mol. The Morgan fingerprint density at radius 2 is 2.19 bits per heavy atom. The SMILES string of the molecule is C/C=C\CC/C(C)=N\C[C@@H](C)C(C)(O)NC. The minimum absolute atomic E-state index is 0.106. The Hall–Kier alpha value is -0.670. The van der Waals surface area contributed by atoms with Crippen LogP contribution in [0.25, 0.3) is 0 Å². The highest BCUT2D eigenvalue weighted by Gasteiger charge is 2.25. The minimum atomic E-state index is -0.840. The van der Waals surface area contributed by atoms with Crippen LogP contribution in [0.15, 0.2) is 17.1 Å². The van der Waals surface area contributed by atoms with Crippen LogP contribution in [0.1, 0.15) is 40.5 Å². The van der Waals surface area contributed by atoms with Crippen LogP contribution in [0.5, 0.6) is 0 Å². The average molecular weight is 226 g/mol. The Balaban J connectivity index is 4.05. The Morgan fingerprint density at radius 3 is 2.69 bits per heavy atom. The highest BCUT2D eigenvalue weighted by atomic mass is 16.3. The Labute approximate surface area is 99.7 Å². The molecule has 0 saturated heterocycles. The predicted octanol–water partition coefficient (Wildman–Crippen LogP) is 2.37. The number of nitrogens with zero attached hydrogens (tertiary/aromatic N) is 1. The van der Waals surface area contributed by atoms with Crippen molar-refractivity contribution in [2.24, 2.45) is 10.9 Å². The van der Waals surface area contributed by atoms with Gasteiger partial charge in [0.25, 0.3) is 0 Å². The van der Waals surface area contributed by atoms with E-state index < -0.39 is 5.72 Å². The fourth-order valence-corrected chi connectivity index (χ4v) is 1.25. The molecule has 2 N–H and O–H groups in total. The smallest absolute Gasteiger partial charge is 0.117 e. The van der Waals surface area contributed by atoms with Gasteiger partial charge in [0.1, 0.15) is 5.72 Å². The molecule has 0 aliphatic heterocycles. The zero-order chi connectivity index (χ0) is 12.6. The van der Waals surface area contributed by atoms with E-state index >= 15 is 0 Å². The molecule has 94 valence electrons. The number of aliphatic imine (C=N–C) groups is 1. The van der Waals surface area contributed by atoms with Gasteiger partial charge in [0.15, 0.2) is 0 Å². The van der Waals surface area contributed by atoms with Crippen molar-refractivity contribution in [1.82, 2.24) is 5.32 Å². The maximum absolute atomic E-state index is 9.93. The first-order chi connectivity index (χ1) is 7.44. The van der Waals surface area contributed by atoms with Gasteiger partial charge in [-0.15, -0.1) is 0 Å². The maximum atomic E-state index is 9.93. The van der Waals surface area contributed by atoms with E-state index in [1.807, 2.05) is 20.8 Å². The lowest BCUT2D eigenvalue weighted by Crippen LogP contribution is -2.46. The molecule has 0 aromatic rings. The Morgan fingerprint density at radius 1 is 1.56 bits per heavy atom. The maximum Gasteiger partial charge on any atom is 0.117 e. The van der Waals surface area contributed by atoms with Crippen LogP contribution in [0.2, 0.25) is 0 Å². The van der Waals surface area contributed by atoms with Gasteiger partial charge in [0.2, 0.25) is 0 Å². The second-order valence-electron chi connectivity index (χ2n) is 4.48. The largest absolute Gasteiger partial charge is 0.376 e. The molecule has 0 spiro atoms. The number of aliphatic hydroxyl groups is 1. The van der Waals surface area contributed by atoms with Crippen LogP contribution in [0.4, 0.5) is 0 Å². The molecule has 0 aliphatic carbocycles. The highest BCUT2D eigenvalue weighted by molar-refractivity contribution is 5.81. The van der Waals surface area contributed by atoms with Crippen LogP contribution in [0, 0.1) is 5.92 Å². The average Bonchev–Trinajstić information content (AvgIpc) is 2.26. The summed E-state index contributed by atoms with van der Waals surface area (Å²) in [5.74, 6) is 0.106. The van der Waals surface area contributed by atoms with Crippen molar-refractivity contribution >= 4 is 5.71 Å². The first kappa shape index (κ1) is 15.3. The van der Waals surface area contributed by atoms with Crippen LogP contribution >= 0.6 is 0 Å². The zero-order valence-electron chi connectivity index (χ0n) is 11.2. The molecule has 16 heavy (non-hydrogen) atoms. The Bertz CT molecular complexity index is 244. The van der Waals surface area contributed by atoms with Crippen molar-refractivity contribution in [2.75, 3.05) is 13.6 Å². The molecule has 0 radical (unpaired) electrons. The first-order valence-electron chi connectivity index (χ1n) is 5.96. The van der Waals surface area contributed by atoms with E-state index in [-0.39, 0.29) is 5.92 Å². The van der Waals surface area contributed by atoms with Gasteiger partial charge in [0, 0.05) is 18.2 Å². The van der Waals surface area contributed by atoms with Crippen LogP contribution in [0.3, 0.4) is 0 Å². The summed E-state index contributed by atoms with van der Waals surface area (Å²) < 4.78 is 0. The van der Waals surface area contributed by atoms with E-state index in [9.17, 15) is 5.11 Å². The number of allylic oxidation sites excluding steroid dienone is 2. The molecular weight excluding hydrogens is 200 g/mol. The summed E-state index contributed by atoms with van der Waals surface area (Å²) in [5.41, 5.74) is 0.310. The van der Waals surface area contributed by atoms with E-state index in [4.69, 9.17) is 0 Å². The topological polar surface area (TPSA) is 44.6 Å². The van der Waals surface area contributed by atoms with Crippen LogP contribution in [-0.2, 0) is 0 Å². The standard InChI is InChI=1S/C13H26N2O/c1-6-7-8-9-12(3)15-10-11(2)13(4,16)14-5/h6-7,11,14,16H,8-10H2,1-5H3/b7-6-,15-12-/t11-,13?/m1/s1. The van der Waals surface area contributed by atoms with Gasteiger partial charge < -0.3 is 5.11 Å². The second kappa shape index (κ2) is 7.58. The van der Waals surface area contributed by atoms with Gasteiger partial charge in [-0.05, 0) is 40.7 Å². The van der Waals surface area contributed by atoms with Gasteiger partial charge in [-0.3, -0.25) is 10.3 Å². The third kappa shape index (κ3) is 6.03. The van der Waals surface area contributed by atoms with E-state index in [2.05, 4.69) is 22.5 Å². The molecular formula is C13H26N2O. The molecule has 0 heterocycles. The van der Waals surface area contributed by atoms with Crippen molar-refractivity contribution in [3.8, 4) is 0 Å². The molecule has 0 bridgehead atoms. The minimum Gasteiger partial charge on any atom is -0.376 e.